The SMILES string of the molecule is Cc1cccc(-c2nc3n(c2-c2ccnc(-c4nc5c([nH]4)CN(CC4CC(O)C4)C5)c2)CCC3)n1. The third-order valence-electron chi connectivity index (χ3n) is 7.58. The maximum Gasteiger partial charge on any atom is 0.156 e. The normalized spacial score (nSPS) is 21.2. The highest BCUT2D eigenvalue weighted by Gasteiger charge is 2.32. The zero-order valence-electron chi connectivity index (χ0n) is 19.9. The minimum atomic E-state index is -0.0947. The average molecular weight is 468 g/mol. The Bertz CT molecular complexity index is 1390. The number of imidazole rings is 2. The first kappa shape index (κ1) is 21.0. The maximum atomic E-state index is 9.57. The quantitative estimate of drug-likeness (QED) is 0.464. The largest absolute Gasteiger partial charge is 0.393 e. The van der Waals surface area contributed by atoms with E-state index in [-0.39, 0.29) is 6.10 Å². The topological polar surface area (TPSA) is 95.8 Å². The van der Waals surface area contributed by atoms with Crippen LogP contribution < -0.4 is 0 Å². The number of aliphatic hydroxyl groups is 1. The van der Waals surface area contributed by atoms with Gasteiger partial charge in [0, 0.05) is 50.1 Å². The molecule has 0 amide bonds. The predicted molar refractivity (Wildman–Crippen MR) is 132 cm³/mol. The van der Waals surface area contributed by atoms with Gasteiger partial charge in [-0.2, -0.15) is 0 Å². The first-order valence-corrected chi connectivity index (χ1v) is 12.6. The van der Waals surface area contributed by atoms with Crippen molar-refractivity contribution in [3.8, 4) is 34.2 Å². The molecule has 4 aromatic rings. The molecule has 4 aromatic heterocycles. The smallest absolute Gasteiger partial charge is 0.156 e. The Hall–Kier alpha value is -3.36. The summed E-state index contributed by atoms with van der Waals surface area (Å²) in [6.45, 7) is 5.77. The van der Waals surface area contributed by atoms with Crippen LogP contribution in [0.1, 0.15) is 42.2 Å². The Labute approximate surface area is 204 Å². The standard InChI is InChI=1S/C27H29N7O/c1-16-4-2-5-20(29-16)25-26(34-9-3-6-24(34)32-25)18-7-8-28-21(12-18)27-30-22-14-33(15-23(22)31-27)13-17-10-19(35)11-17/h2,4-5,7-8,12,17,19,35H,3,6,9-11,13-15H2,1H3,(H,30,31). The van der Waals surface area contributed by atoms with E-state index in [4.69, 9.17) is 15.0 Å². The van der Waals surface area contributed by atoms with E-state index in [1.807, 2.05) is 31.3 Å². The molecule has 0 saturated heterocycles. The molecule has 0 bridgehead atoms. The van der Waals surface area contributed by atoms with Gasteiger partial charge in [0.15, 0.2) is 5.82 Å². The molecule has 0 radical (unpaired) electrons. The lowest BCUT2D eigenvalue weighted by Gasteiger charge is -2.34. The predicted octanol–water partition coefficient (Wildman–Crippen LogP) is 3.74. The number of H-pyrrole nitrogens is 1. The fourth-order valence-corrected chi connectivity index (χ4v) is 5.84. The number of aromatic amines is 1. The monoisotopic (exact) mass is 467 g/mol. The van der Waals surface area contributed by atoms with Gasteiger partial charge in [0.2, 0.25) is 0 Å². The van der Waals surface area contributed by atoms with Crippen LogP contribution in [0, 0.1) is 12.8 Å². The molecular weight excluding hydrogens is 438 g/mol. The molecule has 178 valence electrons. The Morgan fingerprint density at radius 1 is 1.09 bits per heavy atom. The van der Waals surface area contributed by atoms with Crippen molar-refractivity contribution >= 4 is 0 Å². The van der Waals surface area contributed by atoms with Gasteiger partial charge in [-0.05, 0) is 56.4 Å². The third-order valence-corrected chi connectivity index (χ3v) is 7.58. The molecule has 8 nitrogen and oxygen atoms in total. The van der Waals surface area contributed by atoms with E-state index < -0.39 is 0 Å². The van der Waals surface area contributed by atoms with Crippen LogP contribution >= 0.6 is 0 Å². The summed E-state index contributed by atoms with van der Waals surface area (Å²) in [5.41, 5.74) is 8.20. The summed E-state index contributed by atoms with van der Waals surface area (Å²) in [6.07, 6.45) is 5.75. The van der Waals surface area contributed by atoms with Gasteiger partial charge in [0.25, 0.3) is 0 Å². The fraction of sp³-hybridized carbons (Fsp3) is 0.407. The highest BCUT2D eigenvalue weighted by Crippen LogP contribution is 2.36. The summed E-state index contributed by atoms with van der Waals surface area (Å²) >= 11 is 0. The molecule has 35 heavy (non-hydrogen) atoms. The Kier molecular flexibility index (Phi) is 4.85. The molecule has 8 heteroatoms. The highest BCUT2D eigenvalue weighted by molar-refractivity contribution is 5.79. The lowest BCUT2D eigenvalue weighted by molar-refractivity contribution is 0.0236. The van der Waals surface area contributed by atoms with Crippen molar-refractivity contribution in [2.75, 3.05) is 6.54 Å². The minimum Gasteiger partial charge on any atom is -0.393 e. The van der Waals surface area contributed by atoms with E-state index in [9.17, 15) is 5.11 Å². The van der Waals surface area contributed by atoms with Crippen LogP contribution in [0.3, 0.4) is 0 Å². The van der Waals surface area contributed by atoms with Gasteiger partial charge in [0.05, 0.1) is 28.9 Å². The number of fused-ring (bicyclic) bond motifs is 2. The number of nitrogens with one attached hydrogen (secondary N) is 1. The lowest BCUT2D eigenvalue weighted by Crippen LogP contribution is -2.36. The molecule has 0 unspecified atom stereocenters. The van der Waals surface area contributed by atoms with Crippen molar-refractivity contribution in [2.45, 2.75) is 58.3 Å². The van der Waals surface area contributed by atoms with Gasteiger partial charge >= 0.3 is 0 Å². The molecule has 1 aliphatic carbocycles. The molecular formula is C27H29N7O. The van der Waals surface area contributed by atoms with Crippen LogP contribution in [0.5, 0.6) is 0 Å². The van der Waals surface area contributed by atoms with Crippen LogP contribution in [0.15, 0.2) is 36.5 Å². The molecule has 0 atom stereocenters. The molecule has 1 fully saturated rings. The molecule has 3 aliphatic rings. The maximum absolute atomic E-state index is 9.57. The van der Waals surface area contributed by atoms with Crippen LogP contribution in [0.2, 0.25) is 0 Å². The second-order valence-corrected chi connectivity index (χ2v) is 10.2. The summed E-state index contributed by atoms with van der Waals surface area (Å²) < 4.78 is 2.34. The van der Waals surface area contributed by atoms with Gasteiger partial charge in [-0.3, -0.25) is 14.9 Å². The number of hydrogen-bond acceptors (Lipinski definition) is 6. The summed E-state index contributed by atoms with van der Waals surface area (Å²) in [5.74, 6) is 2.57. The summed E-state index contributed by atoms with van der Waals surface area (Å²) in [7, 11) is 0. The molecule has 0 aromatic carbocycles. The van der Waals surface area contributed by atoms with Gasteiger partial charge in [0.1, 0.15) is 17.2 Å². The van der Waals surface area contributed by atoms with Crippen molar-refractivity contribution in [1.82, 2.24) is 34.4 Å². The van der Waals surface area contributed by atoms with Crippen molar-refractivity contribution < 1.29 is 5.11 Å². The van der Waals surface area contributed by atoms with Crippen LogP contribution in [-0.2, 0) is 26.1 Å². The number of nitrogens with zero attached hydrogens (tertiary/aromatic N) is 6. The van der Waals surface area contributed by atoms with E-state index in [2.05, 4.69) is 31.6 Å². The zero-order valence-corrected chi connectivity index (χ0v) is 19.9. The lowest BCUT2D eigenvalue weighted by atomic mass is 9.82. The number of pyridine rings is 2. The Morgan fingerprint density at radius 2 is 2.00 bits per heavy atom. The Morgan fingerprint density at radius 3 is 2.83 bits per heavy atom. The second-order valence-electron chi connectivity index (χ2n) is 10.2. The van der Waals surface area contributed by atoms with Crippen LogP contribution in [-0.4, -0.2) is 52.1 Å². The molecule has 1 saturated carbocycles. The van der Waals surface area contributed by atoms with E-state index >= 15 is 0 Å². The first-order chi connectivity index (χ1) is 17.1. The van der Waals surface area contributed by atoms with Crippen LogP contribution in [0.4, 0.5) is 0 Å². The summed E-state index contributed by atoms with van der Waals surface area (Å²) in [5, 5.41) is 9.57. The third kappa shape index (κ3) is 3.68. The van der Waals surface area contributed by atoms with Gasteiger partial charge in [-0.25, -0.2) is 9.97 Å². The number of aromatic nitrogens is 6. The molecule has 7 rings (SSSR count). The number of aryl methyl sites for hydroxylation is 2. The number of hydrogen-bond donors (Lipinski definition) is 2. The van der Waals surface area contributed by atoms with Crippen molar-refractivity contribution in [2.24, 2.45) is 5.92 Å². The molecule has 2 N–H and O–H groups in total. The van der Waals surface area contributed by atoms with Crippen LogP contribution in [0.25, 0.3) is 34.2 Å². The van der Waals surface area contributed by atoms with Gasteiger partial charge in [-0.15, -0.1) is 0 Å². The second kappa shape index (κ2) is 8.10. The van der Waals surface area contributed by atoms with E-state index in [0.717, 1.165) is 103 Å². The summed E-state index contributed by atoms with van der Waals surface area (Å²) in [6, 6.07) is 10.3. The van der Waals surface area contributed by atoms with Gasteiger partial charge in [-0.1, -0.05) is 6.07 Å². The molecule has 6 heterocycles. The Balaban J connectivity index is 1.20. The number of aliphatic hydroxyl groups excluding tert-OH is 1. The van der Waals surface area contributed by atoms with Crippen molar-refractivity contribution in [3.05, 3.63) is 59.4 Å². The van der Waals surface area contributed by atoms with E-state index in [0.29, 0.717) is 5.92 Å². The van der Waals surface area contributed by atoms with E-state index in [1.165, 1.54) is 5.69 Å². The fourth-order valence-electron chi connectivity index (χ4n) is 5.84. The molecule has 0 spiro atoms. The van der Waals surface area contributed by atoms with Crippen molar-refractivity contribution in [1.29, 1.82) is 0 Å². The summed E-state index contributed by atoms with van der Waals surface area (Å²) in [4.78, 5) is 25.3. The first-order valence-electron chi connectivity index (χ1n) is 12.6. The van der Waals surface area contributed by atoms with Crippen molar-refractivity contribution in [3.63, 3.8) is 0 Å². The molecule has 2 aliphatic heterocycles. The van der Waals surface area contributed by atoms with Gasteiger partial charge < -0.3 is 14.7 Å². The van der Waals surface area contributed by atoms with E-state index in [1.54, 1.807) is 0 Å². The minimum absolute atomic E-state index is 0.0947. The average Bonchev–Trinajstić information content (AvgIpc) is 3.58. The number of rotatable bonds is 5. The highest BCUT2D eigenvalue weighted by atomic mass is 16.3. The zero-order chi connectivity index (χ0) is 23.5.